The molecule has 2 fully saturated rings. The molecule has 0 radical (unpaired) electrons. The molecule has 0 N–H and O–H groups in total. The van der Waals surface area contributed by atoms with E-state index in [1.165, 1.54) is 25.8 Å². The number of rotatable bonds is 7. The summed E-state index contributed by atoms with van der Waals surface area (Å²) < 4.78 is 5.99. The third kappa shape index (κ3) is 5.70. The molecule has 2 saturated heterocycles. The van der Waals surface area contributed by atoms with E-state index in [0.717, 1.165) is 30.8 Å². The van der Waals surface area contributed by atoms with Crippen molar-refractivity contribution in [3.63, 3.8) is 0 Å². The first kappa shape index (κ1) is 22.8. The van der Waals surface area contributed by atoms with E-state index in [-0.39, 0.29) is 11.3 Å². The first-order valence-electron chi connectivity index (χ1n) is 10.9. The van der Waals surface area contributed by atoms with Crippen LogP contribution in [0.25, 0.3) is 0 Å². The fourth-order valence-corrected chi connectivity index (χ4v) is 5.81. The van der Waals surface area contributed by atoms with Gasteiger partial charge in [0.25, 0.3) is 0 Å². The number of amides is 1. The number of nitrogens with zero attached hydrogens (tertiary/aromatic N) is 2. The summed E-state index contributed by atoms with van der Waals surface area (Å²) in [5.41, 5.74) is 1.08. The Bertz CT molecular complexity index is 926. The molecule has 0 aliphatic carbocycles. The van der Waals surface area contributed by atoms with Gasteiger partial charge >= 0.3 is 0 Å². The largest absolute Gasteiger partial charge is 0.457 e. The summed E-state index contributed by atoms with van der Waals surface area (Å²) in [6, 6.07) is 13.8. The predicted molar refractivity (Wildman–Crippen MR) is 129 cm³/mol. The first-order valence-corrected chi connectivity index (χ1v) is 12.7. The van der Waals surface area contributed by atoms with Gasteiger partial charge in [-0.25, -0.2) is 0 Å². The molecule has 0 bridgehead atoms. The van der Waals surface area contributed by atoms with Gasteiger partial charge in [-0.2, -0.15) is 0 Å². The standard InChI is InChI=1S/C24H28Cl2N2O2S/c1-17-6-2-3-11-27(17)12-5-13-28-23(29)16-31-24(28)18-7-4-8-19(14-18)30-20-9-10-21(25)22(26)15-20/h4,7-10,14-15,17,24H,2-3,5-6,11-13,16H2,1H3. The van der Waals surface area contributed by atoms with Crippen molar-refractivity contribution >= 4 is 40.9 Å². The van der Waals surface area contributed by atoms with Crippen LogP contribution in [0.2, 0.25) is 10.0 Å². The first-order chi connectivity index (χ1) is 15.0. The lowest BCUT2D eigenvalue weighted by Gasteiger charge is -2.34. The van der Waals surface area contributed by atoms with Crippen molar-refractivity contribution < 1.29 is 9.53 Å². The van der Waals surface area contributed by atoms with E-state index in [0.29, 0.717) is 27.6 Å². The molecule has 4 nitrogen and oxygen atoms in total. The average molecular weight is 479 g/mol. The number of hydrogen-bond acceptors (Lipinski definition) is 4. The fourth-order valence-electron chi connectivity index (χ4n) is 4.31. The van der Waals surface area contributed by atoms with E-state index in [4.69, 9.17) is 27.9 Å². The van der Waals surface area contributed by atoms with Gasteiger partial charge in [0, 0.05) is 25.2 Å². The Hall–Kier alpha value is -1.40. The van der Waals surface area contributed by atoms with Gasteiger partial charge in [-0.3, -0.25) is 4.79 Å². The van der Waals surface area contributed by atoms with Crippen molar-refractivity contribution in [2.24, 2.45) is 0 Å². The van der Waals surface area contributed by atoms with E-state index in [2.05, 4.69) is 17.9 Å². The van der Waals surface area contributed by atoms with Crippen LogP contribution in [0, 0.1) is 0 Å². The maximum Gasteiger partial charge on any atom is 0.233 e. The van der Waals surface area contributed by atoms with Gasteiger partial charge in [0.1, 0.15) is 16.9 Å². The predicted octanol–water partition coefficient (Wildman–Crippen LogP) is 6.62. The molecule has 4 rings (SSSR count). The van der Waals surface area contributed by atoms with E-state index in [1.807, 2.05) is 23.1 Å². The number of thioether (sulfide) groups is 1. The summed E-state index contributed by atoms with van der Waals surface area (Å²) in [5.74, 6) is 2.10. The van der Waals surface area contributed by atoms with Gasteiger partial charge in [0.2, 0.25) is 5.91 Å². The van der Waals surface area contributed by atoms with Crippen LogP contribution in [0.3, 0.4) is 0 Å². The smallest absolute Gasteiger partial charge is 0.233 e. The van der Waals surface area contributed by atoms with Crippen molar-refractivity contribution in [2.75, 3.05) is 25.4 Å². The Labute approximate surface area is 198 Å². The Morgan fingerprint density at radius 2 is 1.90 bits per heavy atom. The molecule has 2 heterocycles. The highest BCUT2D eigenvalue weighted by Gasteiger charge is 2.32. The molecule has 2 atom stereocenters. The Morgan fingerprint density at radius 1 is 1.06 bits per heavy atom. The fraction of sp³-hybridized carbons (Fsp3) is 0.458. The van der Waals surface area contributed by atoms with Crippen molar-refractivity contribution in [3.05, 3.63) is 58.1 Å². The van der Waals surface area contributed by atoms with Gasteiger partial charge in [-0.05, 0) is 62.6 Å². The Balaban J connectivity index is 1.40. The molecule has 2 aromatic carbocycles. The van der Waals surface area contributed by atoms with Crippen LogP contribution in [0.5, 0.6) is 11.5 Å². The maximum atomic E-state index is 12.6. The van der Waals surface area contributed by atoms with Gasteiger partial charge < -0.3 is 14.5 Å². The highest BCUT2D eigenvalue weighted by Crippen LogP contribution is 2.40. The molecule has 2 aromatic rings. The van der Waals surface area contributed by atoms with Crippen LogP contribution in [0.1, 0.15) is 43.5 Å². The number of carbonyl (C=O) groups is 1. The maximum absolute atomic E-state index is 12.6. The topological polar surface area (TPSA) is 32.8 Å². The quantitative estimate of drug-likeness (QED) is 0.447. The molecule has 2 unspecified atom stereocenters. The van der Waals surface area contributed by atoms with Crippen LogP contribution in [-0.2, 0) is 4.79 Å². The minimum absolute atomic E-state index is 0.0311. The minimum atomic E-state index is 0.0311. The van der Waals surface area contributed by atoms with E-state index in [1.54, 1.807) is 30.0 Å². The summed E-state index contributed by atoms with van der Waals surface area (Å²) in [6.07, 6.45) is 4.91. The number of likely N-dealkylation sites (tertiary alicyclic amines) is 1. The van der Waals surface area contributed by atoms with Gasteiger partial charge in [0.05, 0.1) is 15.8 Å². The second-order valence-electron chi connectivity index (χ2n) is 8.24. The normalized spacial score (nSPS) is 22.2. The van der Waals surface area contributed by atoms with Crippen LogP contribution in [0.15, 0.2) is 42.5 Å². The Morgan fingerprint density at radius 3 is 2.71 bits per heavy atom. The molecule has 0 aromatic heterocycles. The molecule has 2 aliphatic heterocycles. The second kappa shape index (κ2) is 10.5. The summed E-state index contributed by atoms with van der Waals surface area (Å²) in [6.45, 7) is 5.35. The lowest BCUT2D eigenvalue weighted by molar-refractivity contribution is -0.128. The molecule has 2 aliphatic rings. The molecular formula is C24H28Cl2N2O2S. The number of halogens is 2. The number of piperidine rings is 1. The van der Waals surface area contributed by atoms with Crippen LogP contribution in [0.4, 0.5) is 0 Å². The van der Waals surface area contributed by atoms with Crippen LogP contribution in [-0.4, -0.2) is 47.1 Å². The van der Waals surface area contributed by atoms with Crippen molar-refractivity contribution in [1.29, 1.82) is 0 Å². The van der Waals surface area contributed by atoms with Gasteiger partial charge in [0.15, 0.2) is 0 Å². The van der Waals surface area contributed by atoms with Crippen LogP contribution >= 0.6 is 35.0 Å². The zero-order valence-corrected chi connectivity index (χ0v) is 20.1. The molecule has 0 spiro atoms. The SMILES string of the molecule is CC1CCCCN1CCCN1C(=O)CSC1c1cccc(Oc2ccc(Cl)c(Cl)c2)c1. The molecule has 0 saturated carbocycles. The number of benzene rings is 2. The average Bonchev–Trinajstić information content (AvgIpc) is 3.13. The highest BCUT2D eigenvalue weighted by molar-refractivity contribution is 8.00. The molecular weight excluding hydrogens is 451 g/mol. The number of carbonyl (C=O) groups excluding carboxylic acids is 1. The summed E-state index contributed by atoms with van der Waals surface area (Å²) in [4.78, 5) is 17.2. The highest BCUT2D eigenvalue weighted by atomic mass is 35.5. The molecule has 1 amide bonds. The number of hydrogen-bond donors (Lipinski definition) is 0. The van der Waals surface area contributed by atoms with E-state index >= 15 is 0 Å². The zero-order chi connectivity index (χ0) is 21.8. The van der Waals surface area contributed by atoms with E-state index in [9.17, 15) is 4.79 Å². The molecule has 31 heavy (non-hydrogen) atoms. The summed E-state index contributed by atoms with van der Waals surface area (Å²) >= 11 is 13.8. The lowest BCUT2D eigenvalue weighted by Crippen LogP contribution is -2.39. The minimum Gasteiger partial charge on any atom is -0.457 e. The third-order valence-electron chi connectivity index (χ3n) is 6.02. The molecule has 7 heteroatoms. The van der Waals surface area contributed by atoms with Gasteiger partial charge in [-0.15, -0.1) is 11.8 Å². The van der Waals surface area contributed by atoms with Crippen LogP contribution < -0.4 is 4.74 Å². The van der Waals surface area contributed by atoms with E-state index < -0.39 is 0 Å². The monoisotopic (exact) mass is 478 g/mol. The molecule has 166 valence electrons. The van der Waals surface area contributed by atoms with Crippen molar-refractivity contribution in [1.82, 2.24) is 9.80 Å². The summed E-state index contributed by atoms with van der Waals surface area (Å²) in [7, 11) is 0. The van der Waals surface area contributed by atoms with Crippen molar-refractivity contribution in [2.45, 2.75) is 44.0 Å². The third-order valence-corrected chi connectivity index (χ3v) is 8.02. The number of ether oxygens (including phenoxy) is 1. The van der Waals surface area contributed by atoms with Crippen molar-refractivity contribution in [3.8, 4) is 11.5 Å². The Kier molecular flexibility index (Phi) is 7.70. The lowest BCUT2D eigenvalue weighted by atomic mass is 10.0. The van der Waals surface area contributed by atoms with Gasteiger partial charge in [-0.1, -0.05) is 41.8 Å². The summed E-state index contributed by atoms with van der Waals surface area (Å²) in [5, 5.41) is 0.989. The zero-order valence-electron chi connectivity index (χ0n) is 17.7. The second-order valence-corrected chi connectivity index (χ2v) is 10.1.